The highest BCUT2D eigenvalue weighted by atomic mass is 79.9. The second-order valence-electron chi connectivity index (χ2n) is 4.65. The van der Waals surface area contributed by atoms with E-state index in [0.717, 1.165) is 5.56 Å². The molecule has 1 atom stereocenters. The van der Waals surface area contributed by atoms with Gasteiger partial charge >= 0.3 is 5.97 Å². The fraction of sp³-hybridized carbons (Fsp3) is 0.0667. The first-order valence-corrected chi connectivity index (χ1v) is 7.14. The summed E-state index contributed by atoms with van der Waals surface area (Å²) in [7, 11) is 0. The van der Waals surface area contributed by atoms with E-state index in [1.807, 2.05) is 30.3 Å². The summed E-state index contributed by atoms with van der Waals surface area (Å²) in [6.07, 6.45) is 0. The maximum Gasteiger partial charge on any atom is 0.335 e. The van der Waals surface area contributed by atoms with Gasteiger partial charge in [0.2, 0.25) is 10.5 Å². The number of hydrogen-bond donors (Lipinski definition) is 3. The number of halogens is 1. The normalized spacial score (nSPS) is 20.3. The van der Waals surface area contributed by atoms with Crippen LogP contribution >= 0.6 is 15.9 Å². The molecule has 1 unspecified atom stereocenters. The van der Waals surface area contributed by atoms with E-state index >= 15 is 0 Å². The summed E-state index contributed by atoms with van der Waals surface area (Å²) in [6, 6.07) is 13.2. The molecule has 1 aliphatic rings. The van der Waals surface area contributed by atoms with Gasteiger partial charge in [-0.3, -0.25) is 0 Å². The molecule has 7 heteroatoms. The third-order valence-electron chi connectivity index (χ3n) is 3.16. The Bertz CT molecular complexity index is 763. The number of rotatable bonds is 3. The fourth-order valence-electron chi connectivity index (χ4n) is 2.06. The number of phenols is 1. The van der Waals surface area contributed by atoms with Gasteiger partial charge in [0.1, 0.15) is 5.75 Å². The van der Waals surface area contributed by atoms with E-state index in [4.69, 9.17) is 9.94 Å². The van der Waals surface area contributed by atoms with Crippen molar-refractivity contribution in [1.29, 1.82) is 0 Å². The molecule has 0 radical (unpaired) electrons. The number of carbonyl (C=O) groups is 1. The van der Waals surface area contributed by atoms with Crippen LogP contribution in [0.4, 0.5) is 0 Å². The van der Waals surface area contributed by atoms with Gasteiger partial charge in [-0.05, 0) is 46.3 Å². The lowest BCUT2D eigenvalue weighted by Gasteiger charge is -2.18. The van der Waals surface area contributed by atoms with Crippen LogP contribution in [0.15, 0.2) is 53.5 Å². The number of benzene rings is 2. The molecule has 3 N–H and O–H groups in total. The number of aromatic carboxylic acids is 1. The number of nitrogens with zero attached hydrogens (tertiary/aromatic N) is 1. The van der Waals surface area contributed by atoms with Crippen molar-refractivity contribution in [2.45, 2.75) is 4.57 Å². The van der Waals surface area contributed by atoms with Gasteiger partial charge in [-0.15, -0.1) is 5.48 Å². The van der Waals surface area contributed by atoms with Crippen molar-refractivity contribution in [1.82, 2.24) is 5.48 Å². The second kappa shape index (κ2) is 5.43. The van der Waals surface area contributed by atoms with Crippen LogP contribution in [0.1, 0.15) is 21.5 Å². The minimum atomic E-state index is -1.26. The van der Waals surface area contributed by atoms with Crippen LogP contribution < -0.4 is 5.48 Å². The Kier molecular flexibility index (Phi) is 3.59. The van der Waals surface area contributed by atoms with E-state index in [1.54, 1.807) is 0 Å². The predicted octanol–water partition coefficient (Wildman–Crippen LogP) is 2.58. The number of carboxylic acids is 1. The van der Waals surface area contributed by atoms with Crippen LogP contribution in [0, 0.1) is 0 Å². The summed E-state index contributed by atoms with van der Waals surface area (Å²) >= 11 is 3.35. The lowest BCUT2D eigenvalue weighted by atomic mass is 10.1. The first kappa shape index (κ1) is 14.6. The number of carboxylic acid groups (broad SMARTS) is 1. The average molecular weight is 363 g/mol. The molecule has 0 saturated carbocycles. The number of aliphatic imine (C=N–C) groups is 1. The van der Waals surface area contributed by atoms with Gasteiger partial charge in [-0.1, -0.05) is 18.2 Å². The van der Waals surface area contributed by atoms with Crippen LogP contribution in [0.3, 0.4) is 0 Å². The number of nitrogens with one attached hydrogen (secondary N) is 1. The van der Waals surface area contributed by atoms with Crippen molar-refractivity contribution < 1.29 is 19.8 Å². The molecular formula is C15H11BrN2O4. The Hall–Kier alpha value is -2.38. The molecule has 1 aliphatic heterocycles. The largest absolute Gasteiger partial charge is 0.507 e. The Morgan fingerprint density at radius 3 is 2.64 bits per heavy atom. The molecule has 112 valence electrons. The Labute approximate surface area is 134 Å². The molecule has 6 nitrogen and oxygen atoms in total. The molecule has 3 rings (SSSR count). The maximum atomic E-state index is 11.1. The van der Waals surface area contributed by atoms with Crippen molar-refractivity contribution in [2.75, 3.05) is 0 Å². The minimum absolute atomic E-state index is 0.0387. The summed E-state index contributed by atoms with van der Waals surface area (Å²) in [5.74, 6) is -0.864. The van der Waals surface area contributed by atoms with Crippen molar-refractivity contribution in [3.05, 3.63) is 65.2 Å². The molecule has 2 aromatic carbocycles. The quantitative estimate of drug-likeness (QED) is 0.576. The smallest absolute Gasteiger partial charge is 0.335 e. The van der Waals surface area contributed by atoms with Gasteiger partial charge < -0.3 is 15.1 Å². The number of hydroxylamine groups is 1. The van der Waals surface area contributed by atoms with E-state index < -0.39 is 10.5 Å². The molecule has 0 spiro atoms. The first-order valence-electron chi connectivity index (χ1n) is 6.34. The number of alkyl halides is 1. The highest BCUT2D eigenvalue weighted by Gasteiger charge is 2.38. The Balaban J connectivity index is 2.03. The van der Waals surface area contributed by atoms with Crippen LogP contribution in [0.2, 0.25) is 0 Å². The molecule has 22 heavy (non-hydrogen) atoms. The van der Waals surface area contributed by atoms with Gasteiger partial charge in [-0.2, -0.15) is 0 Å². The van der Waals surface area contributed by atoms with Gasteiger partial charge in [0.25, 0.3) is 0 Å². The van der Waals surface area contributed by atoms with Crippen LogP contribution in [-0.2, 0) is 9.41 Å². The highest BCUT2D eigenvalue weighted by Crippen LogP contribution is 2.39. The zero-order chi connectivity index (χ0) is 15.7. The summed E-state index contributed by atoms with van der Waals surface area (Å²) in [4.78, 5) is 20.8. The maximum absolute atomic E-state index is 11.1. The van der Waals surface area contributed by atoms with E-state index in [0.29, 0.717) is 5.90 Å². The standard InChI is InChI=1S/C15H11BrN2O4/c16-15(11-8-10(14(20)21)6-7-12(11)19)17-13(22-18-15)9-4-2-1-3-5-9/h1-8,18-19H,(H,20,21). The fourth-order valence-corrected chi connectivity index (χ4v) is 2.61. The van der Waals surface area contributed by atoms with Crippen LogP contribution in [-0.4, -0.2) is 22.1 Å². The van der Waals surface area contributed by atoms with Crippen LogP contribution in [0.25, 0.3) is 0 Å². The van der Waals surface area contributed by atoms with E-state index in [9.17, 15) is 9.90 Å². The van der Waals surface area contributed by atoms with Gasteiger partial charge in [0, 0.05) is 5.56 Å². The van der Waals surface area contributed by atoms with E-state index in [2.05, 4.69) is 26.4 Å². The molecule has 0 saturated heterocycles. The van der Waals surface area contributed by atoms with Crippen molar-refractivity contribution in [3.8, 4) is 5.75 Å². The molecule has 0 fully saturated rings. The van der Waals surface area contributed by atoms with Crippen molar-refractivity contribution in [3.63, 3.8) is 0 Å². The topological polar surface area (TPSA) is 91.2 Å². The lowest BCUT2D eigenvalue weighted by molar-refractivity contribution is 0.0696. The number of aromatic hydroxyl groups is 1. The molecule has 0 aliphatic carbocycles. The summed E-state index contributed by atoms with van der Waals surface area (Å²) < 4.78 is -1.26. The van der Waals surface area contributed by atoms with Crippen LogP contribution in [0.5, 0.6) is 5.75 Å². The van der Waals surface area contributed by atoms with Gasteiger partial charge in [0.05, 0.1) is 11.1 Å². The molecule has 2 aromatic rings. The minimum Gasteiger partial charge on any atom is -0.507 e. The second-order valence-corrected chi connectivity index (χ2v) is 5.79. The van der Waals surface area contributed by atoms with Gasteiger partial charge in [-0.25, -0.2) is 9.79 Å². The lowest BCUT2D eigenvalue weighted by Crippen LogP contribution is -2.29. The Morgan fingerprint density at radius 1 is 1.23 bits per heavy atom. The molecule has 0 amide bonds. The SMILES string of the molecule is O=C(O)c1ccc(O)c(C2(Br)N=C(c3ccccc3)ON2)c1. The van der Waals surface area contributed by atoms with E-state index in [1.165, 1.54) is 18.2 Å². The summed E-state index contributed by atoms with van der Waals surface area (Å²) in [5, 5.41) is 19.1. The zero-order valence-electron chi connectivity index (χ0n) is 11.2. The number of hydrogen-bond acceptors (Lipinski definition) is 5. The van der Waals surface area contributed by atoms with Crippen molar-refractivity contribution >= 4 is 27.8 Å². The third-order valence-corrected chi connectivity index (χ3v) is 3.93. The number of phenolic OH excluding ortho intramolecular Hbond substituents is 1. The predicted molar refractivity (Wildman–Crippen MR) is 82.9 cm³/mol. The summed E-state index contributed by atoms with van der Waals surface area (Å²) in [6.45, 7) is 0. The monoisotopic (exact) mass is 362 g/mol. The summed E-state index contributed by atoms with van der Waals surface area (Å²) in [5.41, 5.74) is 3.71. The molecular weight excluding hydrogens is 352 g/mol. The molecule has 0 aromatic heterocycles. The third kappa shape index (κ3) is 2.56. The van der Waals surface area contributed by atoms with Crippen molar-refractivity contribution in [2.24, 2.45) is 4.99 Å². The highest BCUT2D eigenvalue weighted by molar-refractivity contribution is 9.09. The Morgan fingerprint density at radius 2 is 1.95 bits per heavy atom. The molecule has 1 heterocycles. The average Bonchev–Trinajstić information content (AvgIpc) is 2.92. The first-order chi connectivity index (χ1) is 10.5. The van der Waals surface area contributed by atoms with E-state index in [-0.39, 0.29) is 16.9 Å². The zero-order valence-corrected chi connectivity index (χ0v) is 12.7. The van der Waals surface area contributed by atoms with Gasteiger partial charge in [0.15, 0.2) is 0 Å². The molecule has 0 bridgehead atoms.